The maximum Gasteiger partial charge on any atom is 0.251 e. The summed E-state index contributed by atoms with van der Waals surface area (Å²) < 4.78 is 18.9. The van der Waals surface area contributed by atoms with Crippen molar-refractivity contribution in [3.8, 4) is 0 Å². The molecule has 1 aliphatic rings. The van der Waals surface area contributed by atoms with Gasteiger partial charge in [0.15, 0.2) is 6.10 Å². The molecule has 1 N–H and O–H groups in total. The quantitative estimate of drug-likeness (QED) is 0.841. The number of ether oxygens (including phenoxy) is 1. The topological polar surface area (TPSA) is 58.6 Å². The molecule has 1 heterocycles. The van der Waals surface area contributed by atoms with Gasteiger partial charge in [0, 0.05) is 13.6 Å². The van der Waals surface area contributed by atoms with Crippen molar-refractivity contribution in [2.75, 3.05) is 20.2 Å². The largest absolute Gasteiger partial charge is 0.356 e. The van der Waals surface area contributed by atoms with E-state index in [0.29, 0.717) is 12.1 Å². The number of hydrogen-bond acceptors (Lipinski definition) is 3. The Morgan fingerprint density at radius 2 is 2.27 bits per heavy atom. The van der Waals surface area contributed by atoms with E-state index in [1.54, 1.807) is 19.2 Å². The zero-order chi connectivity index (χ0) is 16.1. The number of amides is 2. The highest BCUT2D eigenvalue weighted by Crippen LogP contribution is 2.29. The number of likely N-dealkylation sites (N-methyl/N-ethyl adjacent to an activating group) is 1. The lowest BCUT2D eigenvalue weighted by atomic mass is 9.97. The van der Waals surface area contributed by atoms with Gasteiger partial charge in [0.05, 0.1) is 6.04 Å². The molecule has 1 aliphatic heterocycles. The molecule has 2 rings (SSSR count). The van der Waals surface area contributed by atoms with Crippen molar-refractivity contribution in [1.82, 2.24) is 10.2 Å². The number of nitrogens with one attached hydrogen (secondary N) is 1. The van der Waals surface area contributed by atoms with Gasteiger partial charge < -0.3 is 15.0 Å². The summed E-state index contributed by atoms with van der Waals surface area (Å²) in [7, 11) is 1.60. The number of unbranched alkanes of at least 4 members (excludes halogenated alkanes) is 1. The highest BCUT2D eigenvalue weighted by molar-refractivity contribution is 5.86. The van der Waals surface area contributed by atoms with Crippen LogP contribution in [0.25, 0.3) is 0 Å². The molecule has 120 valence electrons. The highest BCUT2D eigenvalue weighted by atomic mass is 19.1. The Balaban J connectivity index is 2.22. The van der Waals surface area contributed by atoms with Gasteiger partial charge in [-0.2, -0.15) is 0 Å². The van der Waals surface area contributed by atoms with Gasteiger partial charge in [-0.3, -0.25) is 9.59 Å². The zero-order valence-corrected chi connectivity index (χ0v) is 12.8. The van der Waals surface area contributed by atoms with Crippen molar-refractivity contribution in [2.24, 2.45) is 0 Å². The van der Waals surface area contributed by atoms with Crippen LogP contribution in [-0.2, 0) is 14.3 Å². The summed E-state index contributed by atoms with van der Waals surface area (Å²) in [6, 6.07) is 5.28. The Kier molecular flexibility index (Phi) is 5.49. The highest BCUT2D eigenvalue weighted by Gasteiger charge is 2.39. The van der Waals surface area contributed by atoms with Crippen molar-refractivity contribution < 1.29 is 18.7 Å². The van der Waals surface area contributed by atoms with Crippen molar-refractivity contribution in [3.63, 3.8) is 0 Å². The molecule has 0 aliphatic carbocycles. The lowest BCUT2D eigenvalue weighted by Gasteiger charge is -2.38. The average molecular weight is 308 g/mol. The second kappa shape index (κ2) is 7.35. The SMILES string of the molecule is CCCCNC(=O)[C@@H]1OCC(=O)N(C)[C@H]1c1cccc(F)c1. The second-order valence-electron chi connectivity index (χ2n) is 5.38. The van der Waals surface area contributed by atoms with Gasteiger partial charge in [-0.1, -0.05) is 25.5 Å². The Morgan fingerprint density at radius 1 is 1.50 bits per heavy atom. The van der Waals surface area contributed by atoms with E-state index in [4.69, 9.17) is 4.74 Å². The molecule has 1 saturated heterocycles. The van der Waals surface area contributed by atoms with Crippen molar-refractivity contribution in [3.05, 3.63) is 35.6 Å². The summed E-state index contributed by atoms with van der Waals surface area (Å²) in [4.78, 5) is 25.6. The molecule has 6 heteroatoms. The lowest BCUT2D eigenvalue weighted by molar-refractivity contribution is -0.162. The summed E-state index contributed by atoms with van der Waals surface area (Å²) in [5.41, 5.74) is 0.547. The first-order valence-corrected chi connectivity index (χ1v) is 7.45. The Bertz CT molecular complexity index is 550. The van der Waals surface area contributed by atoms with Gasteiger partial charge in [0.25, 0.3) is 5.91 Å². The van der Waals surface area contributed by atoms with Crippen molar-refractivity contribution >= 4 is 11.8 Å². The van der Waals surface area contributed by atoms with E-state index in [-0.39, 0.29) is 18.4 Å². The number of benzene rings is 1. The first kappa shape index (κ1) is 16.4. The molecule has 1 aromatic rings. The molecule has 2 atom stereocenters. The molecule has 0 spiro atoms. The molecule has 5 nitrogen and oxygen atoms in total. The van der Waals surface area contributed by atoms with Crippen LogP contribution < -0.4 is 5.32 Å². The third-order valence-electron chi connectivity index (χ3n) is 3.76. The van der Waals surface area contributed by atoms with Crippen LogP contribution in [-0.4, -0.2) is 43.0 Å². The van der Waals surface area contributed by atoms with Crippen LogP contribution in [0.5, 0.6) is 0 Å². The van der Waals surface area contributed by atoms with E-state index >= 15 is 0 Å². The Morgan fingerprint density at radius 3 is 2.95 bits per heavy atom. The first-order valence-electron chi connectivity index (χ1n) is 7.45. The van der Waals surface area contributed by atoms with Gasteiger partial charge in [0.1, 0.15) is 12.4 Å². The fourth-order valence-electron chi connectivity index (χ4n) is 2.51. The van der Waals surface area contributed by atoms with Crippen LogP contribution in [0.3, 0.4) is 0 Å². The summed E-state index contributed by atoms with van der Waals surface area (Å²) in [6.07, 6.45) is 1.01. The molecule has 1 aromatic carbocycles. The zero-order valence-electron chi connectivity index (χ0n) is 12.8. The maximum absolute atomic E-state index is 13.5. The minimum absolute atomic E-state index is 0.145. The standard InChI is InChI=1S/C16H21FN2O3/c1-3-4-8-18-16(21)15-14(19(2)13(20)10-22-15)11-6-5-7-12(17)9-11/h5-7,9,14-15H,3-4,8,10H2,1-2H3,(H,18,21)/t14-,15+/m0/s1. The molecule has 22 heavy (non-hydrogen) atoms. The van der Waals surface area contributed by atoms with Gasteiger partial charge in [-0.15, -0.1) is 0 Å². The number of hydrogen-bond donors (Lipinski definition) is 1. The number of rotatable bonds is 5. The van der Waals surface area contributed by atoms with Crippen molar-refractivity contribution in [2.45, 2.75) is 31.9 Å². The molecule has 0 aromatic heterocycles. The number of carbonyl (C=O) groups excluding carboxylic acids is 2. The monoisotopic (exact) mass is 308 g/mol. The van der Waals surface area contributed by atoms with Gasteiger partial charge >= 0.3 is 0 Å². The predicted molar refractivity (Wildman–Crippen MR) is 79.6 cm³/mol. The normalized spacial score (nSPS) is 21.8. The average Bonchev–Trinajstić information content (AvgIpc) is 2.50. The Labute approximate surface area is 129 Å². The van der Waals surface area contributed by atoms with Crippen LogP contribution in [0.1, 0.15) is 31.4 Å². The molecule has 0 saturated carbocycles. The number of halogens is 1. The molecule has 0 unspecified atom stereocenters. The second-order valence-corrected chi connectivity index (χ2v) is 5.38. The Hall–Kier alpha value is -1.95. The van der Waals surface area contributed by atoms with Gasteiger partial charge in [-0.05, 0) is 24.1 Å². The summed E-state index contributed by atoms with van der Waals surface area (Å²) in [6.45, 7) is 2.45. The van der Waals surface area contributed by atoms with Crippen LogP contribution in [0, 0.1) is 5.82 Å². The van der Waals surface area contributed by atoms with E-state index in [0.717, 1.165) is 12.8 Å². The maximum atomic E-state index is 13.5. The van der Waals surface area contributed by atoms with E-state index in [1.165, 1.54) is 17.0 Å². The fraction of sp³-hybridized carbons (Fsp3) is 0.500. The predicted octanol–water partition coefficient (Wildman–Crippen LogP) is 1.64. The van der Waals surface area contributed by atoms with Crippen molar-refractivity contribution in [1.29, 1.82) is 0 Å². The summed E-state index contributed by atoms with van der Waals surface area (Å²) >= 11 is 0. The minimum Gasteiger partial charge on any atom is -0.356 e. The van der Waals surface area contributed by atoms with Crippen LogP contribution >= 0.6 is 0 Å². The molecule has 0 radical (unpaired) electrons. The molecular weight excluding hydrogens is 287 g/mol. The summed E-state index contributed by atoms with van der Waals surface area (Å²) in [5, 5.41) is 2.81. The summed E-state index contributed by atoms with van der Waals surface area (Å²) in [5.74, 6) is -0.914. The number of morpholine rings is 1. The molecular formula is C16H21FN2O3. The van der Waals surface area contributed by atoms with E-state index < -0.39 is 18.0 Å². The van der Waals surface area contributed by atoms with Gasteiger partial charge in [0.2, 0.25) is 5.91 Å². The number of nitrogens with zero attached hydrogens (tertiary/aromatic N) is 1. The van der Waals surface area contributed by atoms with Crippen LogP contribution in [0.2, 0.25) is 0 Å². The fourth-order valence-corrected chi connectivity index (χ4v) is 2.51. The van der Waals surface area contributed by atoms with Crippen LogP contribution in [0.4, 0.5) is 4.39 Å². The van der Waals surface area contributed by atoms with Crippen LogP contribution in [0.15, 0.2) is 24.3 Å². The number of carbonyl (C=O) groups is 2. The van der Waals surface area contributed by atoms with E-state index in [2.05, 4.69) is 5.32 Å². The third kappa shape index (κ3) is 3.62. The molecule has 2 amide bonds. The van der Waals surface area contributed by atoms with E-state index in [9.17, 15) is 14.0 Å². The molecule has 0 bridgehead atoms. The lowest BCUT2D eigenvalue weighted by Crippen LogP contribution is -2.53. The van der Waals surface area contributed by atoms with Gasteiger partial charge in [-0.25, -0.2) is 4.39 Å². The molecule has 1 fully saturated rings. The third-order valence-corrected chi connectivity index (χ3v) is 3.76. The minimum atomic E-state index is -0.832. The smallest absolute Gasteiger partial charge is 0.251 e. The van der Waals surface area contributed by atoms with E-state index in [1.807, 2.05) is 6.92 Å². The first-order chi connectivity index (χ1) is 10.5.